The number of rotatable bonds is 12. The molecule has 0 fully saturated rings. The van der Waals surface area contributed by atoms with Crippen LogP contribution in [-0.2, 0) is 26.4 Å². The molecule has 0 spiro atoms. The topological polar surface area (TPSA) is 267 Å². The largest absolute Gasteiger partial charge is 0.511 e. The number of non-ortho nitro benzene ring substituents is 2. The Bertz CT molecular complexity index is 1950. The van der Waals surface area contributed by atoms with Crippen molar-refractivity contribution in [1.82, 2.24) is 0 Å². The SMILES string of the molecule is C/C(O)=C(/N=Nc1cc([N+](=O)[O-])ccc1O)C(=O)Nc1ccccc1.CC(O)=C(CONc1ccccc1)N=Nc1cc([N+](=O)[O-])ccc1O.[Co]. The zero-order chi connectivity index (χ0) is 36.6. The van der Waals surface area contributed by atoms with Crippen molar-refractivity contribution in [2.45, 2.75) is 13.8 Å². The molecule has 51 heavy (non-hydrogen) atoms. The first-order chi connectivity index (χ1) is 23.8. The summed E-state index contributed by atoms with van der Waals surface area (Å²) in [4.78, 5) is 37.7. The molecule has 18 nitrogen and oxygen atoms in total. The van der Waals surface area contributed by atoms with E-state index >= 15 is 0 Å². The quantitative estimate of drug-likeness (QED) is 0.0265. The van der Waals surface area contributed by atoms with E-state index in [9.17, 15) is 45.4 Å². The number of aliphatic hydroxyl groups excluding tert-OH is 2. The first kappa shape index (κ1) is 40.5. The van der Waals surface area contributed by atoms with Crippen LogP contribution in [0.5, 0.6) is 11.5 Å². The normalized spacial score (nSPS) is 11.7. The van der Waals surface area contributed by atoms with Crippen LogP contribution in [0.2, 0.25) is 0 Å². The molecule has 0 unspecified atom stereocenters. The van der Waals surface area contributed by atoms with Gasteiger partial charge in [0.15, 0.2) is 5.70 Å². The number of hydrogen-bond acceptors (Lipinski definition) is 15. The van der Waals surface area contributed by atoms with E-state index in [0.29, 0.717) is 11.4 Å². The maximum Gasteiger partial charge on any atom is 0.279 e. The van der Waals surface area contributed by atoms with E-state index < -0.39 is 27.2 Å². The van der Waals surface area contributed by atoms with Gasteiger partial charge in [0.05, 0.1) is 15.5 Å². The number of aromatic hydroxyl groups is 2. The van der Waals surface area contributed by atoms with Gasteiger partial charge in [0, 0.05) is 46.7 Å². The number of hydrogen-bond donors (Lipinski definition) is 6. The van der Waals surface area contributed by atoms with Crippen molar-refractivity contribution >= 4 is 40.0 Å². The van der Waals surface area contributed by atoms with Gasteiger partial charge >= 0.3 is 0 Å². The summed E-state index contributed by atoms with van der Waals surface area (Å²) in [6.45, 7) is 2.52. The summed E-state index contributed by atoms with van der Waals surface area (Å²) < 4.78 is 0. The smallest absolute Gasteiger partial charge is 0.279 e. The number of amides is 1. The Morgan fingerprint density at radius 1 is 0.725 bits per heavy atom. The molecule has 0 aliphatic heterocycles. The van der Waals surface area contributed by atoms with E-state index in [0.717, 1.165) is 36.4 Å². The van der Waals surface area contributed by atoms with Crippen molar-refractivity contribution in [3.05, 3.63) is 140 Å². The molecule has 19 heteroatoms. The van der Waals surface area contributed by atoms with Gasteiger partial charge in [-0.3, -0.25) is 35.3 Å². The predicted octanol–water partition coefficient (Wildman–Crippen LogP) is 8.03. The number of nitrogens with zero attached hydrogens (tertiary/aromatic N) is 6. The second-order valence-corrected chi connectivity index (χ2v) is 9.80. The summed E-state index contributed by atoms with van der Waals surface area (Å²) in [5.74, 6) is -1.88. The van der Waals surface area contributed by atoms with Crippen LogP contribution in [0.15, 0.2) is 140 Å². The van der Waals surface area contributed by atoms with Crippen molar-refractivity contribution in [2.75, 3.05) is 17.4 Å². The van der Waals surface area contributed by atoms with Gasteiger partial charge in [0.1, 0.15) is 46.7 Å². The van der Waals surface area contributed by atoms with Crippen molar-refractivity contribution in [3.63, 3.8) is 0 Å². The van der Waals surface area contributed by atoms with Crippen LogP contribution in [-0.4, -0.2) is 42.8 Å². The van der Waals surface area contributed by atoms with Gasteiger partial charge in [-0.15, -0.1) is 20.5 Å². The van der Waals surface area contributed by atoms with E-state index in [1.54, 1.807) is 42.5 Å². The molecular formula is C32H30CoN8O10. The average Bonchev–Trinajstić information content (AvgIpc) is 3.08. The maximum absolute atomic E-state index is 12.2. The summed E-state index contributed by atoms with van der Waals surface area (Å²) in [6.07, 6.45) is 0. The number of aliphatic hydroxyl groups is 2. The zero-order valence-electron chi connectivity index (χ0n) is 26.7. The standard InChI is InChI=1S/C16H16N4O5.C16H14N4O5.Co/c1-11(21)15(10-25-19-12-5-3-2-4-6-12)18-17-14-9-13(20(23)24)7-8-16(14)22;1-10(21)15(16(23)17-11-5-3-2-4-6-11)19-18-13-9-12(20(24)25)7-8-14(13)22;/h2-9,19,21-22H,10H2,1H3;2-9,21-22H,1H3,(H,17,23);/b;15-10-,19-18?;. The Hall–Kier alpha value is -6.70. The fraction of sp³-hybridized carbons (Fsp3) is 0.0938. The average molecular weight is 746 g/mol. The minimum absolute atomic E-state index is 0. The first-order valence-electron chi connectivity index (χ1n) is 14.2. The fourth-order valence-electron chi connectivity index (χ4n) is 3.52. The number of nitro groups is 2. The Morgan fingerprint density at radius 2 is 1.20 bits per heavy atom. The number of phenols is 2. The van der Waals surface area contributed by atoms with Crippen LogP contribution in [0.25, 0.3) is 0 Å². The van der Waals surface area contributed by atoms with Crippen molar-refractivity contribution in [1.29, 1.82) is 0 Å². The molecule has 0 atom stereocenters. The number of allylic oxidation sites excluding steroid dienone is 2. The summed E-state index contributed by atoms with van der Waals surface area (Å²) in [5, 5.41) is 77.5. The molecule has 0 aromatic heterocycles. The maximum atomic E-state index is 12.2. The molecule has 6 N–H and O–H groups in total. The van der Waals surface area contributed by atoms with E-state index in [1.165, 1.54) is 13.8 Å². The van der Waals surface area contributed by atoms with Crippen molar-refractivity contribution < 1.29 is 56.7 Å². The fourth-order valence-corrected chi connectivity index (χ4v) is 3.52. The Balaban J connectivity index is 0.000000347. The van der Waals surface area contributed by atoms with Crippen molar-refractivity contribution in [2.24, 2.45) is 20.5 Å². The van der Waals surface area contributed by atoms with E-state index in [2.05, 4.69) is 31.3 Å². The van der Waals surface area contributed by atoms with Crippen LogP contribution < -0.4 is 10.8 Å². The zero-order valence-corrected chi connectivity index (χ0v) is 27.7. The number of para-hydroxylation sites is 2. The van der Waals surface area contributed by atoms with Crippen LogP contribution in [0.4, 0.5) is 34.1 Å². The second-order valence-electron chi connectivity index (χ2n) is 9.80. The Morgan fingerprint density at radius 3 is 1.65 bits per heavy atom. The van der Waals surface area contributed by atoms with E-state index in [1.807, 2.05) is 18.2 Å². The molecule has 4 aromatic carbocycles. The molecule has 1 radical (unpaired) electrons. The molecule has 0 aliphatic rings. The van der Waals surface area contributed by atoms with Gasteiger partial charge in [-0.2, -0.15) is 0 Å². The number of azo groups is 2. The van der Waals surface area contributed by atoms with Crippen LogP contribution >= 0.6 is 0 Å². The number of phenolic OH excluding ortho intramolecular Hbond substituents is 2. The molecule has 1 amide bonds. The van der Waals surface area contributed by atoms with Gasteiger partial charge in [-0.25, -0.2) is 0 Å². The summed E-state index contributed by atoms with van der Waals surface area (Å²) in [6, 6.07) is 24.1. The van der Waals surface area contributed by atoms with Gasteiger partial charge in [0.2, 0.25) is 0 Å². The van der Waals surface area contributed by atoms with Crippen LogP contribution in [0, 0.1) is 20.2 Å². The monoisotopic (exact) mass is 745 g/mol. The second kappa shape index (κ2) is 20.0. The molecule has 0 saturated carbocycles. The molecule has 267 valence electrons. The molecule has 0 saturated heterocycles. The molecule has 4 aromatic rings. The van der Waals surface area contributed by atoms with Gasteiger partial charge in [-0.1, -0.05) is 36.4 Å². The third kappa shape index (κ3) is 13.0. The van der Waals surface area contributed by atoms with Gasteiger partial charge in [0.25, 0.3) is 17.3 Å². The minimum atomic E-state index is -0.722. The summed E-state index contributed by atoms with van der Waals surface area (Å²) in [7, 11) is 0. The van der Waals surface area contributed by atoms with E-state index in [4.69, 9.17) is 4.84 Å². The third-order valence-corrected chi connectivity index (χ3v) is 6.06. The number of carbonyl (C=O) groups excluding carboxylic acids is 1. The minimum Gasteiger partial charge on any atom is -0.511 e. The van der Waals surface area contributed by atoms with E-state index in [-0.39, 0.29) is 69.1 Å². The number of anilines is 2. The van der Waals surface area contributed by atoms with Gasteiger partial charge < -0.3 is 25.7 Å². The molecule has 4 rings (SSSR count). The number of nitrogens with one attached hydrogen (secondary N) is 2. The summed E-state index contributed by atoms with van der Waals surface area (Å²) >= 11 is 0. The van der Waals surface area contributed by atoms with Gasteiger partial charge in [-0.05, 0) is 50.2 Å². The van der Waals surface area contributed by atoms with Crippen LogP contribution in [0.3, 0.4) is 0 Å². The number of carbonyl (C=O) groups is 1. The molecule has 0 aliphatic carbocycles. The third-order valence-electron chi connectivity index (χ3n) is 6.06. The van der Waals surface area contributed by atoms with Crippen molar-refractivity contribution in [3.8, 4) is 11.5 Å². The first-order valence-corrected chi connectivity index (χ1v) is 14.2. The Kier molecular flexibility index (Phi) is 15.8. The molecule has 0 bridgehead atoms. The number of nitro benzene ring substituents is 2. The Labute approximate surface area is 299 Å². The van der Waals surface area contributed by atoms with Crippen LogP contribution in [0.1, 0.15) is 13.8 Å². The summed E-state index contributed by atoms with van der Waals surface area (Å²) in [5.41, 5.74) is 2.74. The predicted molar refractivity (Wildman–Crippen MR) is 180 cm³/mol. The number of benzene rings is 4. The molecular weight excluding hydrogens is 715 g/mol. The molecule has 0 heterocycles.